The van der Waals surface area contributed by atoms with Crippen LogP contribution < -0.4 is 5.32 Å². The number of carbonyl (C=O) groups excluding carboxylic acids is 1. The molecule has 1 aliphatic rings. The van der Waals surface area contributed by atoms with Crippen LogP contribution in [0.1, 0.15) is 19.8 Å². The van der Waals surface area contributed by atoms with Gasteiger partial charge in [0.15, 0.2) is 0 Å². The smallest absolute Gasteiger partial charge is 0.320 e. The third-order valence-electron chi connectivity index (χ3n) is 2.86. The van der Waals surface area contributed by atoms with E-state index in [2.05, 4.69) is 10.2 Å². The van der Waals surface area contributed by atoms with Crippen molar-refractivity contribution in [2.24, 2.45) is 5.92 Å². The van der Waals surface area contributed by atoms with Crippen molar-refractivity contribution in [3.8, 4) is 0 Å². The van der Waals surface area contributed by atoms with Crippen LogP contribution in [0, 0.1) is 5.92 Å². The highest BCUT2D eigenvalue weighted by Crippen LogP contribution is 2.15. The van der Waals surface area contributed by atoms with Crippen LogP contribution in [0.2, 0.25) is 0 Å². The minimum atomic E-state index is -0.0930. The average Bonchev–Trinajstić information content (AvgIpc) is 2.22. The maximum Gasteiger partial charge on any atom is 0.320 e. The van der Waals surface area contributed by atoms with Crippen LogP contribution >= 0.6 is 0 Å². The Morgan fingerprint density at radius 3 is 2.67 bits per heavy atom. The van der Waals surface area contributed by atoms with Crippen molar-refractivity contribution in [3.05, 3.63) is 0 Å². The van der Waals surface area contributed by atoms with Gasteiger partial charge in [-0.3, -0.25) is 9.69 Å². The van der Waals surface area contributed by atoms with Crippen molar-refractivity contribution in [1.29, 1.82) is 0 Å². The van der Waals surface area contributed by atoms with Crippen molar-refractivity contribution >= 4 is 5.97 Å². The number of hydrogen-bond acceptors (Lipinski definition) is 4. The molecule has 0 radical (unpaired) electrons. The predicted octanol–water partition coefficient (Wildman–Crippen LogP) is 0.481. The highest BCUT2D eigenvalue weighted by Gasteiger charge is 2.20. The van der Waals surface area contributed by atoms with Crippen LogP contribution in [0.25, 0.3) is 0 Å². The Bertz CT molecular complexity index is 189. The lowest BCUT2D eigenvalue weighted by Crippen LogP contribution is -2.39. The van der Waals surface area contributed by atoms with Gasteiger partial charge in [-0.1, -0.05) is 0 Å². The molecular formula is C11H22N2O2. The summed E-state index contributed by atoms with van der Waals surface area (Å²) in [7, 11) is 1.99. The third kappa shape index (κ3) is 4.62. The Hall–Kier alpha value is -0.610. The predicted molar refractivity (Wildman–Crippen MR) is 59.7 cm³/mol. The molecule has 1 rings (SSSR count). The molecule has 0 aromatic rings. The Balaban J connectivity index is 2.16. The summed E-state index contributed by atoms with van der Waals surface area (Å²) in [4.78, 5) is 13.4. The van der Waals surface area contributed by atoms with E-state index in [-0.39, 0.29) is 5.97 Å². The van der Waals surface area contributed by atoms with E-state index in [1.165, 1.54) is 12.8 Å². The highest BCUT2D eigenvalue weighted by molar-refractivity contribution is 5.71. The van der Waals surface area contributed by atoms with Gasteiger partial charge in [0.2, 0.25) is 0 Å². The molecule has 0 amide bonds. The molecule has 88 valence electrons. The fraction of sp³-hybridized carbons (Fsp3) is 0.909. The zero-order chi connectivity index (χ0) is 11.1. The van der Waals surface area contributed by atoms with Crippen molar-refractivity contribution in [3.63, 3.8) is 0 Å². The Kier molecular flexibility index (Phi) is 5.65. The molecular weight excluding hydrogens is 192 g/mol. The van der Waals surface area contributed by atoms with Gasteiger partial charge in [-0.2, -0.15) is 0 Å². The van der Waals surface area contributed by atoms with Crippen LogP contribution in [0.15, 0.2) is 0 Å². The summed E-state index contributed by atoms with van der Waals surface area (Å²) in [5.74, 6) is 0.679. The monoisotopic (exact) mass is 214 g/mol. The van der Waals surface area contributed by atoms with Crippen LogP contribution in [0.4, 0.5) is 0 Å². The first-order valence-corrected chi connectivity index (χ1v) is 5.78. The SMILES string of the molecule is CCOC(=O)CN1CCC(CNC)CC1. The van der Waals surface area contributed by atoms with Gasteiger partial charge in [0, 0.05) is 0 Å². The molecule has 0 saturated carbocycles. The van der Waals surface area contributed by atoms with Crippen LogP contribution in [-0.4, -0.2) is 50.7 Å². The van der Waals surface area contributed by atoms with Gasteiger partial charge in [0.1, 0.15) is 0 Å². The molecule has 0 unspecified atom stereocenters. The number of nitrogens with one attached hydrogen (secondary N) is 1. The minimum Gasteiger partial charge on any atom is -0.465 e. The first-order valence-electron chi connectivity index (χ1n) is 5.78. The normalized spacial score (nSPS) is 19.1. The van der Waals surface area contributed by atoms with E-state index < -0.39 is 0 Å². The molecule has 4 heteroatoms. The van der Waals surface area contributed by atoms with E-state index in [0.29, 0.717) is 13.2 Å². The van der Waals surface area contributed by atoms with Gasteiger partial charge in [-0.15, -0.1) is 0 Å². The molecule has 4 nitrogen and oxygen atoms in total. The lowest BCUT2D eigenvalue weighted by atomic mass is 9.97. The van der Waals surface area contributed by atoms with Gasteiger partial charge >= 0.3 is 5.97 Å². The quantitative estimate of drug-likeness (QED) is 0.676. The van der Waals surface area contributed by atoms with E-state index >= 15 is 0 Å². The highest BCUT2D eigenvalue weighted by atomic mass is 16.5. The number of nitrogens with zero attached hydrogens (tertiary/aromatic N) is 1. The number of carbonyl (C=O) groups is 1. The summed E-state index contributed by atoms with van der Waals surface area (Å²) >= 11 is 0. The number of ether oxygens (including phenoxy) is 1. The maximum absolute atomic E-state index is 11.2. The van der Waals surface area contributed by atoms with E-state index in [9.17, 15) is 4.79 Å². The number of esters is 1. The molecule has 1 aliphatic heterocycles. The average molecular weight is 214 g/mol. The van der Waals surface area contributed by atoms with Crippen LogP contribution in [-0.2, 0) is 9.53 Å². The number of likely N-dealkylation sites (tertiary alicyclic amines) is 1. The zero-order valence-electron chi connectivity index (χ0n) is 9.79. The van der Waals surface area contributed by atoms with Crippen molar-refractivity contribution in [2.45, 2.75) is 19.8 Å². The largest absolute Gasteiger partial charge is 0.465 e. The fourth-order valence-electron chi connectivity index (χ4n) is 2.03. The molecule has 15 heavy (non-hydrogen) atoms. The van der Waals surface area contributed by atoms with Gasteiger partial charge in [0.05, 0.1) is 13.2 Å². The molecule has 1 N–H and O–H groups in total. The minimum absolute atomic E-state index is 0.0930. The molecule has 0 atom stereocenters. The van der Waals surface area contributed by atoms with E-state index in [0.717, 1.165) is 25.6 Å². The Morgan fingerprint density at radius 1 is 1.47 bits per heavy atom. The van der Waals surface area contributed by atoms with Crippen LogP contribution in [0.3, 0.4) is 0 Å². The summed E-state index contributed by atoms with van der Waals surface area (Å²) in [6, 6.07) is 0. The fourth-order valence-corrected chi connectivity index (χ4v) is 2.03. The molecule has 0 spiro atoms. The molecule has 1 fully saturated rings. The number of hydrogen-bond donors (Lipinski definition) is 1. The number of piperidine rings is 1. The molecule has 0 bridgehead atoms. The van der Waals surface area contributed by atoms with E-state index in [4.69, 9.17) is 4.74 Å². The van der Waals surface area contributed by atoms with Gasteiger partial charge in [-0.05, 0) is 52.4 Å². The third-order valence-corrected chi connectivity index (χ3v) is 2.86. The number of rotatable bonds is 5. The molecule has 1 heterocycles. The van der Waals surface area contributed by atoms with Crippen molar-refractivity contribution in [1.82, 2.24) is 10.2 Å². The zero-order valence-corrected chi connectivity index (χ0v) is 9.79. The standard InChI is InChI=1S/C11H22N2O2/c1-3-15-11(14)9-13-6-4-10(5-7-13)8-12-2/h10,12H,3-9H2,1-2H3. The van der Waals surface area contributed by atoms with E-state index in [1.54, 1.807) is 0 Å². The van der Waals surface area contributed by atoms with Crippen LogP contribution in [0.5, 0.6) is 0 Å². The van der Waals surface area contributed by atoms with Crippen molar-refractivity contribution in [2.75, 3.05) is 39.8 Å². The molecule has 0 aromatic heterocycles. The maximum atomic E-state index is 11.2. The van der Waals surface area contributed by atoms with Crippen molar-refractivity contribution < 1.29 is 9.53 Å². The Labute approximate surface area is 92.0 Å². The topological polar surface area (TPSA) is 41.6 Å². The van der Waals surface area contributed by atoms with Gasteiger partial charge < -0.3 is 10.1 Å². The summed E-state index contributed by atoms with van der Waals surface area (Å²) < 4.78 is 4.93. The summed E-state index contributed by atoms with van der Waals surface area (Å²) in [5, 5.41) is 3.20. The Morgan fingerprint density at radius 2 is 2.13 bits per heavy atom. The van der Waals surface area contributed by atoms with Gasteiger partial charge in [0.25, 0.3) is 0 Å². The lowest BCUT2D eigenvalue weighted by Gasteiger charge is -2.30. The summed E-state index contributed by atoms with van der Waals surface area (Å²) in [6.45, 7) is 5.91. The van der Waals surface area contributed by atoms with E-state index in [1.807, 2.05) is 14.0 Å². The summed E-state index contributed by atoms with van der Waals surface area (Å²) in [5.41, 5.74) is 0. The first-order chi connectivity index (χ1) is 7.26. The molecule has 0 aromatic carbocycles. The molecule has 1 saturated heterocycles. The summed E-state index contributed by atoms with van der Waals surface area (Å²) in [6.07, 6.45) is 2.36. The van der Waals surface area contributed by atoms with Gasteiger partial charge in [-0.25, -0.2) is 0 Å². The lowest BCUT2D eigenvalue weighted by molar-refractivity contribution is -0.144. The second-order valence-electron chi connectivity index (χ2n) is 4.08. The molecule has 0 aliphatic carbocycles. The first kappa shape index (κ1) is 12.5. The second-order valence-corrected chi connectivity index (χ2v) is 4.08. The second kappa shape index (κ2) is 6.80.